The van der Waals surface area contributed by atoms with Crippen LogP contribution in [0.2, 0.25) is 5.02 Å². The first-order valence-electron chi connectivity index (χ1n) is 5.70. The molecule has 1 fully saturated rings. The van der Waals surface area contributed by atoms with Crippen LogP contribution in [0.25, 0.3) is 0 Å². The molecule has 1 aliphatic rings. The van der Waals surface area contributed by atoms with Crippen LogP contribution in [-0.2, 0) is 0 Å². The maximum Gasteiger partial charge on any atom is 0.171 e. The molecule has 86 valence electrons. The van der Waals surface area contributed by atoms with Crippen LogP contribution in [-0.4, -0.2) is 18.9 Å². The molecule has 0 spiro atoms. The van der Waals surface area contributed by atoms with E-state index in [1.165, 1.54) is 0 Å². The van der Waals surface area contributed by atoms with Gasteiger partial charge >= 0.3 is 0 Å². The van der Waals surface area contributed by atoms with Crippen molar-refractivity contribution in [2.24, 2.45) is 5.41 Å². The SMILES string of the molecule is CCC1(C(=O)c2ccccc2Cl)CCNC1. The zero-order chi connectivity index (χ0) is 11.6. The minimum atomic E-state index is -0.245. The Labute approximate surface area is 101 Å². The van der Waals surface area contributed by atoms with Crippen molar-refractivity contribution in [1.82, 2.24) is 5.32 Å². The first kappa shape index (κ1) is 11.6. The Bertz CT molecular complexity index is 397. The van der Waals surface area contributed by atoms with Crippen molar-refractivity contribution in [3.8, 4) is 0 Å². The van der Waals surface area contributed by atoms with Gasteiger partial charge in [0.2, 0.25) is 0 Å². The van der Waals surface area contributed by atoms with Crippen LogP contribution in [0, 0.1) is 5.41 Å². The van der Waals surface area contributed by atoms with Gasteiger partial charge in [-0.1, -0.05) is 30.7 Å². The highest BCUT2D eigenvalue weighted by Gasteiger charge is 2.40. The number of Topliss-reactive ketones (excluding diaryl/α,β-unsaturated/α-hetero) is 1. The van der Waals surface area contributed by atoms with E-state index in [-0.39, 0.29) is 11.2 Å². The molecule has 1 atom stereocenters. The van der Waals surface area contributed by atoms with Crippen molar-refractivity contribution in [3.05, 3.63) is 34.9 Å². The first-order valence-corrected chi connectivity index (χ1v) is 6.07. The summed E-state index contributed by atoms with van der Waals surface area (Å²) in [7, 11) is 0. The van der Waals surface area contributed by atoms with Crippen molar-refractivity contribution in [2.45, 2.75) is 19.8 Å². The summed E-state index contributed by atoms with van der Waals surface area (Å²) in [6, 6.07) is 7.32. The molecule has 3 heteroatoms. The van der Waals surface area contributed by atoms with Gasteiger partial charge in [-0.2, -0.15) is 0 Å². The van der Waals surface area contributed by atoms with E-state index in [1.807, 2.05) is 18.2 Å². The van der Waals surface area contributed by atoms with Crippen LogP contribution in [0.5, 0.6) is 0 Å². The van der Waals surface area contributed by atoms with Crippen molar-refractivity contribution in [2.75, 3.05) is 13.1 Å². The lowest BCUT2D eigenvalue weighted by Crippen LogP contribution is -2.33. The van der Waals surface area contributed by atoms with Crippen molar-refractivity contribution >= 4 is 17.4 Å². The topological polar surface area (TPSA) is 29.1 Å². The predicted molar refractivity (Wildman–Crippen MR) is 66.0 cm³/mol. The van der Waals surface area contributed by atoms with Crippen molar-refractivity contribution < 1.29 is 4.79 Å². The molecule has 16 heavy (non-hydrogen) atoms. The summed E-state index contributed by atoms with van der Waals surface area (Å²) in [5, 5.41) is 3.83. The summed E-state index contributed by atoms with van der Waals surface area (Å²) in [5.41, 5.74) is 0.417. The quantitative estimate of drug-likeness (QED) is 0.819. The molecule has 1 heterocycles. The smallest absolute Gasteiger partial charge is 0.171 e. The molecule has 1 unspecified atom stereocenters. The summed E-state index contributed by atoms with van der Waals surface area (Å²) in [6.07, 6.45) is 1.78. The van der Waals surface area contributed by atoms with Crippen molar-refractivity contribution in [1.29, 1.82) is 0 Å². The number of ketones is 1. The van der Waals surface area contributed by atoms with Gasteiger partial charge in [0.15, 0.2) is 5.78 Å². The largest absolute Gasteiger partial charge is 0.316 e. The van der Waals surface area contributed by atoms with E-state index in [9.17, 15) is 4.79 Å². The van der Waals surface area contributed by atoms with Gasteiger partial charge in [0.25, 0.3) is 0 Å². The maximum atomic E-state index is 12.5. The molecule has 0 amide bonds. The van der Waals surface area contributed by atoms with Crippen LogP contribution in [0.15, 0.2) is 24.3 Å². The van der Waals surface area contributed by atoms with Crippen molar-refractivity contribution in [3.63, 3.8) is 0 Å². The number of halogens is 1. The molecular formula is C13H16ClNO. The molecule has 0 bridgehead atoms. The summed E-state index contributed by atoms with van der Waals surface area (Å²) >= 11 is 6.08. The molecule has 1 aliphatic heterocycles. The maximum absolute atomic E-state index is 12.5. The van der Waals surface area contributed by atoms with E-state index in [2.05, 4.69) is 12.2 Å². The molecule has 2 rings (SSSR count). The number of hydrogen-bond acceptors (Lipinski definition) is 2. The van der Waals surface area contributed by atoms with Gasteiger partial charge in [-0.05, 0) is 31.5 Å². The van der Waals surface area contributed by atoms with Crippen LogP contribution < -0.4 is 5.32 Å². The highest BCUT2D eigenvalue weighted by Crippen LogP contribution is 2.35. The molecule has 0 aromatic heterocycles. The number of hydrogen-bond donors (Lipinski definition) is 1. The van der Waals surface area contributed by atoms with E-state index in [0.29, 0.717) is 10.6 Å². The standard InChI is InChI=1S/C13H16ClNO/c1-2-13(7-8-15-9-13)12(16)10-5-3-4-6-11(10)14/h3-6,15H,2,7-9H2,1H3. The molecule has 1 N–H and O–H groups in total. The van der Waals surface area contributed by atoms with E-state index in [0.717, 1.165) is 25.9 Å². The monoisotopic (exact) mass is 237 g/mol. The van der Waals surface area contributed by atoms with Gasteiger partial charge in [0.05, 0.1) is 5.02 Å². The van der Waals surface area contributed by atoms with Crippen LogP contribution in [0.3, 0.4) is 0 Å². The third-order valence-corrected chi connectivity index (χ3v) is 3.85. The third-order valence-electron chi connectivity index (χ3n) is 3.52. The minimum absolute atomic E-state index is 0.186. The number of nitrogens with one attached hydrogen (secondary N) is 1. The normalized spacial score (nSPS) is 24.6. The van der Waals surface area contributed by atoms with E-state index in [1.54, 1.807) is 6.07 Å². The molecule has 1 aromatic rings. The second-order valence-electron chi connectivity index (χ2n) is 4.37. The highest BCUT2D eigenvalue weighted by atomic mass is 35.5. The molecule has 1 saturated heterocycles. The fourth-order valence-corrected chi connectivity index (χ4v) is 2.55. The van der Waals surface area contributed by atoms with Crippen LogP contribution in [0.4, 0.5) is 0 Å². The molecule has 0 saturated carbocycles. The van der Waals surface area contributed by atoms with E-state index < -0.39 is 0 Å². The Morgan fingerprint density at radius 3 is 2.81 bits per heavy atom. The first-order chi connectivity index (χ1) is 7.69. The zero-order valence-electron chi connectivity index (χ0n) is 9.42. The highest BCUT2D eigenvalue weighted by molar-refractivity contribution is 6.34. The summed E-state index contributed by atoms with van der Waals surface area (Å²) in [4.78, 5) is 12.5. The predicted octanol–water partition coefficient (Wildman–Crippen LogP) is 2.91. The number of benzene rings is 1. The second kappa shape index (κ2) is 4.56. The fourth-order valence-electron chi connectivity index (χ4n) is 2.33. The molecule has 1 aromatic carbocycles. The zero-order valence-corrected chi connectivity index (χ0v) is 10.2. The lowest BCUT2D eigenvalue weighted by Gasteiger charge is -2.25. The van der Waals surface area contributed by atoms with Gasteiger partial charge in [-0.15, -0.1) is 0 Å². The Morgan fingerprint density at radius 2 is 2.25 bits per heavy atom. The lowest BCUT2D eigenvalue weighted by atomic mass is 9.77. The molecular weight excluding hydrogens is 222 g/mol. The minimum Gasteiger partial charge on any atom is -0.316 e. The summed E-state index contributed by atoms with van der Waals surface area (Å²) < 4.78 is 0. The number of carbonyl (C=O) groups is 1. The Kier molecular flexibility index (Phi) is 3.31. The van der Waals surface area contributed by atoms with Gasteiger partial charge in [0, 0.05) is 17.5 Å². The van der Waals surface area contributed by atoms with Gasteiger partial charge < -0.3 is 5.32 Å². The Morgan fingerprint density at radius 1 is 1.50 bits per heavy atom. The number of rotatable bonds is 3. The van der Waals surface area contributed by atoms with E-state index >= 15 is 0 Å². The van der Waals surface area contributed by atoms with Crippen LogP contribution >= 0.6 is 11.6 Å². The van der Waals surface area contributed by atoms with Gasteiger partial charge in [0.1, 0.15) is 0 Å². The van der Waals surface area contributed by atoms with Gasteiger partial charge in [-0.3, -0.25) is 4.79 Å². The van der Waals surface area contributed by atoms with Crippen LogP contribution in [0.1, 0.15) is 30.1 Å². The average molecular weight is 238 g/mol. The summed E-state index contributed by atoms with van der Waals surface area (Å²) in [5.74, 6) is 0.186. The average Bonchev–Trinajstić information content (AvgIpc) is 2.78. The summed E-state index contributed by atoms with van der Waals surface area (Å²) in [6.45, 7) is 3.76. The molecule has 0 aliphatic carbocycles. The Hall–Kier alpha value is -0.860. The lowest BCUT2D eigenvalue weighted by molar-refractivity contribution is 0.0810. The Balaban J connectivity index is 2.34. The molecule has 0 radical (unpaired) electrons. The molecule has 2 nitrogen and oxygen atoms in total. The van der Waals surface area contributed by atoms with Gasteiger partial charge in [-0.25, -0.2) is 0 Å². The second-order valence-corrected chi connectivity index (χ2v) is 4.78. The third kappa shape index (κ3) is 1.87. The number of carbonyl (C=O) groups excluding carboxylic acids is 1. The fraction of sp³-hybridized carbons (Fsp3) is 0.462. The van der Waals surface area contributed by atoms with E-state index in [4.69, 9.17) is 11.6 Å².